The number of ether oxygens (including phenoxy) is 1. The highest BCUT2D eigenvalue weighted by atomic mass is 16.5. The Morgan fingerprint density at radius 3 is 1.79 bits per heavy atom. The number of rotatable bonds is 2. The number of hydrogen-bond donors (Lipinski definition) is 1. The molecule has 24 heavy (non-hydrogen) atoms. The van der Waals surface area contributed by atoms with Gasteiger partial charge < -0.3 is 9.84 Å². The van der Waals surface area contributed by atoms with Crippen molar-refractivity contribution >= 4 is 0 Å². The fourth-order valence-electron chi connectivity index (χ4n) is 3.92. The average molecular weight is 317 g/mol. The van der Waals surface area contributed by atoms with Gasteiger partial charge in [-0.1, -0.05) is 73.7 Å². The molecule has 0 saturated carbocycles. The number of fused-ring (bicyclic) bond motifs is 2. The van der Waals surface area contributed by atoms with Crippen LogP contribution in [-0.4, -0.2) is 12.2 Å². The van der Waals surface area contributed by atoms with Crippen molar-refractivity contribution in [1.29, 1.82) is 0 Å². The molecule has 0 bridgehead atoms. The molecule has 1 aliphatic rings. The molecule has 0 amide bonds. The summed E-state index contributed by atoms with van der Waals surface area (Å²) in [6, 6.07) is 23.0. The van der Waals surface area contributed by atoms with Gasteiger partial charge >= 0.3 is 0 Å². The standard InChI is InChI=1S/C22H20O2/c1-15-16-9-3-5-11-18(16)22(24-2,19-12-6-4-10-17(15)19)20-13-7-8-14-21(20)23/h3-15,23H,1-2H3/i15D. The van der Waals surface area contributed by atoms with E-state index in [4.69, 9.17) is 6.11 Å². The van der Waals surface area contributed by atoms with Crippen molar-refractivity contribution in [3.05, 3.63) is 101 Å². The van der Waals surface area contributed by atoms with Gasteiger partial charge in [0.25, 0.3) is 0 Å². The Labute approximate surface area is 143 Å². The minimum atomic E-state index is -0.945. The second-order valence-corrected chi connectivity index (χ2v) is 6.12. The molecule has 4 rings (SSSR count). The van der Waals surface area contributed by atoms with Crippen LogP contribution in [0.15, 0.2) is 72.8 Å². The third-order valence-corrected chi connectivity index (χ3v) is 5.01. The summed E-state index contributed by atoms with van der Waals surface area (Å²) in [4.78, 5) is 0. The molecule has 0 fully saturated rings. The van der Waals surface area contributed by atoms with Gasteiger partial charge in [-0.25, -0.2) is 0 Å². The Morgan fingerprint density at radius 1 is 0.833 bits per heavy atom. The first-order valence-electron chi connectivity index (χ1n) is 8.57. The van der Waals surface area contributed by atoms with Crippen LogP contribution in [0.2, 0.25) is 0 Å². The van der Waals surface area contributed by atoms with Crippen LogP contribution >= 0.6 is 0 Å². The predicted octanol–water partition coefficient (Wildman–Crippen LogP) is 4.80. The highest BCUT2D eigenvalue weighted by Crippen LogP contribution is 2.52. The van der Waals surface area contributed by atoms with E-state index in [9.17, 15) is 5.11 Å². The largest absolute Gasteiger partial charge is 0.508 e. The lowest BCUT2D eigenvalue weighted by atomic mass is 9.67. The molecule has 0 aromatic heterocycles. The summed E-state index contributed by atoms with van der Waals surface area (Å²) in [5.74, 6) is -0.706. The molecule has 0 aliphatic heterocycles. The van der Waals surface area contributed by atoms with Gasteiger partial charge in [-0.15, -0.1) is 0 Å². The smallest absolute Gasteiger partial charge is 0.147 e. The van der Waals surface area contributed by atoms with E-state index in [0.717, 1.165) is 22.3 Å². The number of methoxy groups -OCH3 is 1. The van der Waals surface area contributed by atoms with Gasteiger partial charge in [-0.2, -0.15) is 0 Å². The van der Waals surface area contributed by atoms with Gasteiger partial charge in [0.1, 0.15) is 11.4 Å². The zero-order valence-electron chi connectivity index (χ0n) is 14.8. The van der Waals surface area contributed by atoms with Gasteiger partial charge in [-0.3, -0.25) is 0 Å². The van der Waals surface area contributed by atoms with E-state index >= 15 is 0 Å². The van der Waals surface area contributed by atoms with E-state index in [-0.39, 0.29) is 5.75 Å². The van der Waals surface area contributed by atoms with E-state index in [1.54, 1.807) is 19.2 Å². The highest BCUT2D eigenvalue weighted by Gasteiger charge is 2.45. The molecule has 0 saturated heterocycles. The van der Waals surface area contributed by atoms with Crippen LogP contribution in [0.25, 0.3) is 0 Å². The zero-order valence-corrected chi connectivity index (χ0v) is 13.8. The van der Waals surface area contributed by atoms with Crippen molar-refractivity contribution in [2.75, 3.05) is 7.11 Å². The predicted molar refractivity (Wildman–Crippen MR) is 95.4 cm³/mol. The summed E-state index contributed by atoms with van der Waals surface area (Å²) in [5, 5.41) is 10.6. The Hall–Kier alpha value is -2.58. The van der Waals surface area contributed by atoms with Gasteiger partial charge in [0.15, 0.2) is 0 Å². The minimum Gasteiger partial charge on any atom is -0.508 e. The third-order valence-electron chi connectivity index (χ3n) is 5.01. The Kier molecular flexibility index (Phi) is 3.17. The lowest BCUT2D eigenvalue weighted by Crippen LogP contribution is -2.37. The van der Waals surface area contributed by atoms with Crippen LogP contribution in [0.5, 0.6) is 5.75 Å². The lowest BCUT2D eigenvalue weighted by molar-refractivity contribution is 0.0523. The SMILES string of the molecule is [2H]C1(C)c2ccccc2C(OC)(c2ccccc2O)c2ccccc21. The Bertz CT molecular complexity index is 897. The van der Waals surface area contributed by atoms with Crippen LogP contribution in [0.4, 0.5) is 0 Å². The number of hydrogen-bond acceptors (Lipinski definition) is 2. The average Bonchev–Trinajstić information content (AvgIpc) is 2.64. The van der Waals surface area contributed by atoms with Crippen LogP contribution in [-0.2, 0) is 10.3 Å². The molecule has 1 N–H and O–H groups in total. The normalized spacial score (nSPS) is 25.5. The first kappa shape index (κ1) is 13.8. The molecule has 120 valence electrons. The van der Waals surface area contributed by atoms with Crippen molar-refractivity contribution in [2.45, 2.75) is 18.4 Å². The molecule has 0 heterocycles. The summed E-state index contributed by atoms with van der Waals surface area (Å²) in [6.07, 6.45) is 0. The topological polar surface area (TPSA) is 29.5 Å². The van der Waals surface area contributed by atoms with E-state index < -0.39 is 11.5 Å². The molecule has 0 atom stereocenters. The summed E-state index contributed by atoms with van der Waals surface area (Å²) in [5.41, 5.74) is 3.31. The number of phenolic OH excluding ortho intramolecular Hbond substituents is 1. The number of aromatic hydroxyl groups is 1. The molecule has 3 aromatic carbocycles. The van der Waals surface area contributed by atoms with Gasteiger partial charge in [0.05, 0.1) is 0 Å². The van der Waals surface area contributed by atoms with E-state index in [0.29, 0.717) is 5.56 Å². The molecule has 0 unspecified atom stereocenters. The first-order valence-corrected chi connectivity index (χ1v) is 8.07. The van der Waals surface area contributed by atoms with Crippen molar-refractivity contribution in [3.8, 4) is 5.75 Å². The van der Waals surface area contributed by atoms with Gasteiger partial charge in [-0.05, 0) is 28.3 Å². The fourth-order valence-corrected chi connectivity index (χ4v) is 3.92. The summed E-state index contributed by atoms with van der Waals surface area (Å²) < 4.78 is 15.2. The van der Waals surface area contributed by atoms with Crippen LogP contribution in [0.1, 0.15) is 42.0 Å². The maximum absolute atomic E-state index is 10.6. The van der Waals surface area contributed by atoms with Crippen LogP contribution in [0, 0.1) is 0 Å². The van der Waals surface area contributed by atoms with Gasteiger partial charge in [0.2, 0.25) is 0 Å². The third kappa shape index (κ3) is 1.87. The van der Waals surface area contributed by atoms with Crippen molar-refractivity contribution in [3.63, 3.8) is 0 Å². The second-order valence-electron chi connectivity index (χ2n) is 6.12. The molecular weight excluding hydrogens is 296 g/mol. The fraction of sp³-hybridized carbons (Fsp3) is 0.182. The van der Waals surface area contributed by atoms with E-state index in [1.807, 2.05) is 67.6 Å². The number of phenols is 1. The van der Waals surface area contributed by atoms with Crippen LogP contribution < -0.4 is 0 Å². The van der Waals surface area contributed by atoms with E-state index in [1.165, 1.54) is 0 Å². The number of para-hydroxylation sites is 1. The van der Waals surface area contributed by atoms with E-state index in [2.05, 4.69) is 0 Å². The molecule has 3 aromatic rings. The minimum absolute atomic E-state index is 0.183. The van der Waals surface area contributed by atoms with Crippen molar-refractivity contribution in [1.82, 2.24) is 0 Å². The molecule has 0 spiro atoms. The second kappa shape index (κ2) is 5.50. The Balaban J connectivity index is 2.18. The highest BCUT2D eigenvalue weighted by molar-refractivity contribution is 5.62. The summed E-state index contributed by atoms with van der Waals surface area (Å²) in [6.45, 7) is 1.91. The number of benzene rings is 3. The van der Waals surface area contributed by atoms with Gasteiger partial charge in [0, 0.05) is 19.9 Å². The van der Waals surface area contributed by atoms with Crippen LogP contribution in [0.3, 0.4) is 0 Å². The van der Waals surface area contributed by atoms with Crippen molar-refractivity contribution in [2.24, 2.45) is 0 Å². The monoisotopic (exact) mass is 317 g/mol. The molecule has 1 aliphatic carbocycles. The summed E-state index contributed by atoms with van der Waals surface area (Å²) in [7, 11) is 1.66. The first-order chi connectivity index (χ1) is 12.0. The molecule has 2 heteroatoms. The molecule has 2 nitrogen and oxygen atoms in total. The quantitative estimate of drug-likeness (QED) is 0.736. The lowest BCUT2D eigenvalue weighted by Gasteiger charge is -2.42. The maximum atomic E-state index is 10.6. The summed E-state index contributed by atoms with van der Waals surface area (Å²) >= 11 is 0. The zero-order chi connectivity index (χ0) is 17.7. The van der Waals surface area contributed by atoms with Crippen molar-refractivity contribution < 1.29 is 11.2 Å². The Morgan fingerprint density at radius 2 is 1.29 bits per heavy atom. The maximum Gasteiger partial charge on any atom is 0.147 e. The molecular formula is C22H20O2. The molecule has 0 radical (unpaired) electrons.